The number of carboxylic acid groups (broad SMARTS) is 1. The second-order valence-corrected chi connectivity index (χ2v) is 5.54. The third-order valence-corrected chi connectivity index (χ3v) is 3.71. The second-order valence-electron chi connectivity index (χ2n) is 5.54. The molecule has 0 aliphatic heterocycles. The standard InChI is InChI=1S/C16H21N3O2/c1-4-10(2)9-11(3)17-14-12-7-5-6-8-13(12)18-19-15(14)16(20)21/h5-8,10-11H,4,9H2,1-3H3,(H,17,18)(H,20,21). The predicted octanol–water partition coefficient (Wildman–Crippen LogP) is 3.56. The van der Waals surface area contributed by atoms with Crippen LogP contribution < -0.4 is 5.32 Å². The second kappa shape index (κ2) is 6.52. The van der Waals surface area contributed by atoms with Crippen molar-refractivity contribution in [3.63, 3.8) is 0 Å². The zero-order valence-corrected chi connectivity index (χ0v) is 12.6. The average molecular weight is 287 g/mol. The highest BCUT2D eigenvalue weighted by atomic mass is 16.4. The van der Waals surface area contributed by atoms with Crippen LogP contribution in [-0.4, -0.2) is 27.3 Å². The summed E-state index contributed by atoms with van der Waals surface area (Å²) in [6.45, 7) is 6.41. The number of aromatic carboxylic acids is 1. The Morgan fingerprint density at radius 3 is 2.67 bits per heavy atom. The molecule has 0 radical (unpaired) electrons. The number of aromatic nitrogens is 2. The van der Waals surface area contributed by atoms with Gasteiger partial charge in [0.05, 0.1) is 11.2 Å². The number of nitrogens with zero attached hydrogens (tertiary/aromatic N) is 2. The molecule has 2 rings (SSSR count). The number of fused-ring (bicyclic) bond motifs is 1. The molecule has 0 saturated heterocycles. The van der Waals surface area contributed by atoms with E-state index < -0.39 is 5.97 Å². The maximum absolute atomic E-state index is 11.4. The van der Waals surface area contributed by atoms with Crippen molar-refractivity contribution in [2.75, 3.05) is 5.32 Å². The lowest BCUT2D eigenvalue weighted by molar-refractivity contribution is 0.0690. The number of nitrogens with one attached hydrogen (secondary N) is 1. The fraction of sp³-hybridized carbons (Fsp3) is 0.438. The molecule has 2 aromatic rings. The molecule has 112 valence electrons. The van der Waals surface area contributed by atoms with Gasteiger partial charge < -0.3 is 10.4 Å². The third-order valence-electron chi connectivity index (χ3n) is 3.71. The van der Waals surface area contributed by atoms with Gasteiger partial charge in [-0.3, -0.25) is 0 Å². The number of carboxylic acids is 1. The smallest absolute Gasteiger partial charge is 0.358 e. The molecule has 1 aromatic heterocycles. The summed E-state index contributed by atoms with van der Waals surface area (Å²) in [4.78, 5) is 11.4. The van der Waals surface area contributed by atoms with Gasteiger partial charge in [0.25, 0.3) is 0 Å². The molecule has 2 N–H and O–H groups in total. The maximum Gasteiger partial charge on any atom is 0.358 e. The number of carbonyl (C=O) groups is 1. The SMILES string of the molecule is CCC(C)CC(C)Nc1c(C(=O)O)nnc2ccccc12. The highest BCUT2D eigenvalue weighted by Crippen LogP contribution is 2.26. The van der Waals surface area contributed by atoms with E-state index in [1.165, 1.54) is 0 Å². The Kier molecular flexibility index (Phi) is 4.73. The molecule has 0 saturated carbocycles. The first-order valence-electron chi connectivity index (χ1n) is 7.28. The number of hydrogen-bond acceptors (Lipinski definition) is 4. The molecule has 0 aliphatic rings. The number of hydrogen-bond donors (Lipinski definition) is 2. The van der Waals surface area contributed by atoms with Crippen LogP contribution in [0.1, 0.15) is 44.1 Å². The lowest BCUT2D eigenvalue weighted by Gasteiger charge is -2.20. The van der Waals surface area contributed by atoms with E-state index in [0.29, 0.717) is 17.1 Å². The zero-order valence-electron chi connectivity index (χ0n) is 12.6. The molecule has 2 atom stereocenters. The van der Waals surface area contributed by atoms with Crippen LogP contribution >= 0.6 is 0 Å². The minimum Gasteiger partial charge on any atom is -0.476 e. The molecule has 2 unspecified atom stereocenters. The summed E-state index contributed by atoms with van der Waals surface area (Å²) in [6, 6.07) is 7.61. The first kappa shape index (κ1) is 15.2. The van der Waals surface area contributed by atoms with Gasteiger partial charge in [-0.05, 0) is 25.3 Å². The van der Waals surface area contributed by atoms with Crippen LogP contribution in [0, 0.1) is 5.92 Å². The number of anilines is 1. The first-order valence-corrected chi connectivity index (χ1v) is 7.28. The largest absolute Gasteiger partial charge is 0.476 e. The summed E-state index contributed by atoms with van der Waals surface area (Å²) < 4.78 is 0. The van der Waals surface area contributed by atoms with Crippen molar-refractivity contribution in [1.29, 1.82) is 0 Å². The van der Waals surface area contributed by atoms with Gasteiger partial charge in [-0.1, -0.05) is 38.5 Å². The molecular formula is C16H21N3O2. The maximum atomic E-state index is 11.4. The van der Waals surface area contributed by atoms with E-state index in [2.05, 4.69) is 36.3 Å². The van der Waals surface area contributed by atoms with Crippen molar-refractivity contribution in [3.05, 3.63) is 30.0 Å². The Bertz CT molecular complexity index is 642. The van der Waals surface area contributed by atoms with Crippen molar-refractivity contribution in [2.24, 2.45) is 5.92 Å². The van der Waals surface area contributed by atoms with E-state index in [4.69, 9.17) is 0 Å². The molecule has 1 heterocycles. The van der Waals surface area contributed by atoms with Gasteiger partial charge in [-0.15, -0.1) is 10.2 Å². The summed E-state index contributed by atoms with van der Waals surface area (Å²) in [5, 5.41) is 21.3. The number of rotatable bonds is 6. The van der Waals surface area contributed by atoms with Crippen molar-refractivity contribution in [1.82, 2.24) is 10.2 Å². The van der Waals surface area contributed by atoms with E-state index >= 15 is 0 Å². The van der Waals surface area contributed by atoms with E-state index in [1.54, 1.807) is 0 Å². The molecule has 0 spiro atoms. The summed E-state index contributed by atoms with van der Waals surface area (Å²) in [6.07, 6.45) is 2.08. The minimum absolute atomic E-state index is 0.0234. The van der Waals surface area contributed by atoms with Crippen LogP contribution in [0.3, 0.4) is 0 Å². The Labute approximate surface area is 124 Å². The molecule has 0 fully saturated rings. The topological polar surface area (TPSA) is 75.1 Å². The van der Waals surface area contributed by atoms with E-state index in [9.17, 15) is 9.90 Å². The molecule has 21 heavy (non-hydrogen) atoms. The Morgan fingerprint density at radius 2 is 2.00 bits per heavy atom. The molecule has 0 bridgehead atoms. The van der Waals surface area contributed by atoms with Crippen LogP contribution in [0.25, 0.3) is 10.9 Å². The summed E-state index contributed by atoms with van der Waals surface area (Å²) in [7, 11) is 0. The fourth-order valence-corrected chi connectivity index (χ4v) is 2.43. The average Bonchev–Trinajstić information content (AvgIpc) is 2.47. The van der Waals surface area contributed by atoms with Gasteiger partial charge in [0, 0.05) is 11.4 Å². The van der Waals surface area contributed by atoms with Gasteiger partial charge in [-0.2, -0.15) is 0 Å². The Balaban J connectivity index is 2.39. The quantitative estimate of drug-likeness (QED) is 0.849. The predicted molar refractivity (Wildman–Crippen MR) is 83.7 cm³/mol. The Morgan fingerprint density at radius 1 is 1.29 bits per heavy atom. The van der Waals surface area contributed by atoms with E-state index in [0.717, 1.165) is 18.2 Å². The zero-order chi connectivity index (χ0) is 15.4. The lowest BCUT2D eigenvalue weighted by Crippen LogP contribution is -2.21. The van der Waals surface area contributed by atoms with E-state index in [-0.39, 0.29) is 11.7 Å². The van der Waals surface area contributed by atoms with Crippen LogP contribution in [0.5, 0.6) is 0 Å². The minimum atomic E-state index is -1.06. The van der Waals surface area contributed by atoms with Crippen molar-refractivity contribution >= 4 is 22.6 Å². The van der Waals surface area contributed by atoms with Gasteiger partial charge in [0.15, 0.2) is 5.69 Å². The molecule has 0 amide bonds. The molecule has 0 aliphatic carbocycles. The lowest BCUT2D eigenvalue weighted by atomic mass is 10.00. The van der Waals surface area contributed by atoms with Gasteiger partial charge >= 0.3 is 5.97 Å². The summed E-state index contributed by atoms with van der Waals surface area (Å²) in [5.74, 6) is -0.478. The fourth-order valence-electron chi connectivity index (χ4n) is 2.43. The normalized spacial score (nSPS) is 13.9. The molecule has 5 heteroatoms. The molecular weight excluding hydrogens is 266 g/mol. The highest BCUT2D eigenvalue weighted by molar-refractivity contribution is 6.02. The van der Waals surface area contributed by atoms with E-state index in [1.807, 2.05) is 24.3 Å². The van der Waals surface area contributed by atoms with Crippen LogP contribution in [0.4, 0.5) is 5.69 Å². The molecule has 1 aromatic carbocycles. The Hall–Kier alpha value is -2.17. The van der Waals surface area contributed by atoms with Gasteiger partial charge in [-0.25, -0.2) is 4.79 Å². The molecule has 5 nitrogen and oxygen atoms in total. The van der Waals surface area contributed by atoms with Gasteiger partial charge in [0.2, 0.25) is 0 Å². The van der Waals surface area contributed by atoms with Crippen LogP contribution in [0.2, 0.25) is 0 Å². The van der Waals surface area contributed by atoms with Crippen LogP contribution in [0.15, 0.2) is 24.3 Å². The monoisotopic (exact) mass is 287 g/mol. The van der Waals surface area contributed by atoms with Crippen molar-refractivity contribution in [2.45, 2.75) is 39.7 Å². The van der Waals surface area contributed by atoms with Crippen molar-refractivity contribution in [3.8, 4) is 0 Å². The third kappa shape index (κ3) is 3.48. The van der Waals surface area contributed by atoms with Crippen LogP contribution in [-0.2, 0) is 0 Å². The van der Waals surface area contributed by atoms with Gasteiger partial charge in [0.1, 0.15) is 0 Å². The summed E-state index contributed by atoms with van der Waals surface area (Å²) >= 11 is 0. The summed E-state index contributed by atoms with van der Waals surface area (Å²) in [5.41, 5.74) is 1.23. The van der Waals surface area contributed by atoms with Crippen molar-refractivity contribution < 1.29 is 9.90 Å². The number of benzene rings is 1. The first-order chi connectivity index (χ1) is 10.0. The highest BCUT2D eigenvalue weighted by Gasteiger charge is 2.18.